The van der Waals surface area contributed by atoms with Gasteiger partial charge in [0.1, 0.15) is 11.6 Å². The van der Waals surface area contributed by atoms with Crippen molar-refractivity contribution in [3.8, 4) is 0 Å². The molecule has 7 nitrogen and oxygen atoms in total. The summed E-state index contributed by atoms with van der Waals surface area (Å²) in [6.45, 7) is 8.43. The van der Waals surface area contributed by atoms with Gasteiger partial charge in [-0.2, -0.15) is 0 Å². The highest BCUT2D eigenvalue weighted by Gasteiger charge is 2.72. The second kappa shape index (κ2) is 9.71. The summed E-state index contributed by atoms with van der Waals surface area (Å²) in [6.07, 6.45) is 9.91. The van der Waals surface area contributed by atoms with Gasteiger partial charge >= 0.3 is 0 Å². The maximum Gasteiger partial charge on any atom is 0.246 e. The largest absolute Gasteiger partial charge is 0.359 e. The number of carbonyl (C=O) groups is 3. The van der Waals surface area contributed by atoms with E-state index < -0.39 is 29.6 Å². The molecule has 192 valence electrons. The van der Waals surface area contributed by atoms with Gasteiger partial charge in [-0.05, 0) is 42.7 Å². The van der Waals surface area contributed by atoms with Crippen LogP contribution in [-0.2, 0) is 19.1 Å². The molecule has 2 saturated heterocycles. The van der Waals surface area contributed by atoms with Gasteiger partial charge < -0.3 is 20.3 Å². The minimum atomic E-state index is -1.15. The standard InChI is InChI=1S/C28H35N3O4S/c1-5-14-31-24(26(33)30-20-11-6-8-16(2)17(20)3)28-13-12-21(35-28)22(23(28)27(31)34)25(32)29-18-9-7-10-19(15-18)36-4/h5,7,9-10,12-13,15-17,20-24H,1,6,8,11,14H2,2-4H3,(H,29,32)(H,30,33). The molecular weight excluding hydrogens is 474 g/mol. The lowest BCUT2D eigenvalue weighted by Crippen LogP contribution is -2.57. The third-order valence-corrected chi connectivity index (χ3v) is 9.35. The zero-order chi connectivity index (χ0) is 25.6. The number of ether oxygens (including phenoxy) is 1. The minimum Gasteiger partial charge on any atom is -0.359 e. The summed E-state index contributed by atoms with van der Waals surface area (Å²) >= 11 is 1.59. The van der Waals surface area contributed by atoms with E-state index in [-0.39, 0.29) is 30.3 Å². The van der Waals surface area contributed by atoms with Crippen molar-refractivity contribution in [3.63, 3.8) is 0 Å². The van der Waals surface area contributed by atoms with Gasteiger partial charge in [0.15, 0.2) is 0 Å². The van der Waals surface area contributed by atoms with Crippen molar-refractivity contribution in [1.82, 2.24) is 10.2 Å². The molecule has 4 aliphatic rings. The Morgan fingerprint density at radius 2 is 2.08 bits per heavy atom. The molecule has 8 atom stereocenters. The molecule has 5 rings (SSSR count). The topological polar surface area (TPSA) is 87.7 Å². The lowest BCUT2D eigenvalue weighted by Gasteiger charge is -2.37. The van der Waals surface area contributed by atoms with E-state index in [0.29, 0.717) is 17.5 Å². The number of likely N-dealkylation sites (tertiary alicyclic amines) is 1. The predicted molar refractivity (Wildman–Crippen MR) is 140 cm³/mol. The van der Waals surface area contributed by atoms with E-state index in [1.54, 1.807) is 22.7 Å². The summed E-state index contributed by atoms with van der Waals surface area (Å²) < 4.78 is 6.38. The zero-order valence-corrected chi connectivity index (χ0v) is 21.9. The molecule has 1 aromatic rings. The van der Waals surface area contributed by atoms with Gasteiger partial charge in [-0.15, -0.1) is 18.3 Å². The molecule has 0 radical (unpaired) electrons. The number of fused-ring (bicyclic) bond motifs is 1. The van der Waals surface area contributed by atoms with Crippen LogP contribution in [-0.4, -0.2) is 59.2 Å². The van der Waals surface area contributed by atoms with E-state index in [9.17, 15) is 14.4 Å². The molecule has 3 aliphatic heterocycles. The normalized spacial score (nSPS) is 36.6. The Labute approximate surface area is 217 Å². The number of thioether (sulfide) groups is 1. The number of nitrogens with zero attached hydrogens (tertiary/aromatic N) is 1. The van der Waals surface area contributed by atoms with Crippen LogP contribution in [0.25, 0.3) is 0 Å². The number of rotatable bonds is 7. The van der Waals surface area contributed by atoms with E-state index in [1.165, 1.54) is 0 Å². The average Bonchev–Trinajstić information content (AvgIpc) is 3.50. The first-order valence-electron chi connectivity index (χ1n) is 12.8. The molecule has 3 heterocycles. The highest BCUT2D eigenvalue weighted by Crippen LogP contribution is 2.55. The highest BCUT2D eigenvalue weighted by molar-refractivity contribution is 7.98. The third kappa shape index (κ3) is 3.98. The van der Waals surface area contributed by atoms with Gasteiger partial charge in [0.25, 0.3) is 0 Å². The van der Waals surface area contributed by atoms with Crippen molar-refractivity contribution in [3.05, 3.63) is 49.1 Å². The maximum atomic E-state index is 13.8. The Hall–Kier alpha value is -2.58. The zero-order valence-electron chi connectivity index (χ0n) is 21.1. The van der Waals surface area contributed by atoms with Crippen molar-refractivity contribution < 1.29 is 19.1 Å². The van der Waals surface area contributed by atoms with E-state index in [4.69, 9.17) is 4.74 Å². The smallest absolute Gasteiger partial charge is 0.246 e. The molecule has 8 heteroatoms. The Morgan fingerprint density at radius 3 is 2.83 bits per heavy atom. The fraction of sp³-hybridized carbons (Fsp3) is 0.536. The quantitative estimate of drug-likeness (QED) is 0.433. The van der Waals surface area contributed by atoms with Gasteiger partial charge in [-0.25, -0.2) is 0 Å². The van der Waals surface area contributed by atoms with Crippen LogP contribution in [0, 0.1) is 23.7 Å². The molecule has 0 aromatic heterocycles. The van der Waals surface area contributed by atoms with Gasteiger partial charge in [0.05, 0.1) is 17.9 Å². The number of nitrogens with one attached hydrogen (secondary N) is 2. The van der Waals surface area contributed by atoms with Crippen LogP contribution in [0.5, 0.6) is 0 Å². The van der Waals surface area contributed by atoms with Crippen LogP contribution in [0.3, 0.4) is 0 Å². The number of benzene rings is 1. The van der Waals surface area contributed by atoms with E-state index in [0.717, 1.165) is 24.2 Å². The summed E-state index contributed by atoms with van der Waals surface area (Å²) in [5.74, 6) is -1.29. The third-order valence-electron chi connectivity index (χ3n) is 8.62. The number of carbonyl (C=O) groups excluding carboxylic acids is 3. The summed E-state index contributed by atoms with van der Waals surface area (Å²) in [4.78, 5) is 43.6. The Balaban J connectivity index is 1.42. The summed E-state index contributed by atoms with van der Waals surface area (Å²) in [5.41, 5.74) is -0.475. The molecule has 8 unspecified atom stereocenters. The Kier molecular flexibility index (Phi) is 6.76. The first kappa shape index (κ1) is 25.1. The van der Waals surface area contributed by atoms with Gasteiger partial charge in [-0.1, -0.05) is 51.0 Å². The summed E-state index contributed by atoms with van der Waals surface area (Å²) in [5, 5.41) is 6.24. The SMILES string of the molecule is C=CCN1C(=O)C2C(C(=O)Nc3cccc(SC)c3)C3C=CC2(O3)C1C(=O)NC1CCCC(C)C1C. The molecule has 1 spiro atoms. The number of hydrogen-bond acceptors (Lipinski definition) is 5. The summed E-state index contributed by atoms with van der Waals surface area (Å²) in [7, 11) is 0. The van der Waals surface area contributed by atoms with Crippen LogP contribution in [0.1, 0.15) is 33.1 Å². The number of anilines is 1. The highest BCUT2D eigenvalue weighted by atomic mass is 32.2. The van der Waals surface area contributed by atoms with Crippen LogP contribution in [0.15, 0.2) is 54.0 Å². The summed E-state index contributed by atoms with van der Waals surface area (Å²) in [6, 6.07) is 6.83. The second-order valence-corrected chi connectivity index (χ2v) is 11.5. The van der Waals surface area contributed by atoms with Crippen LogP contribution >= 0.6 is 11.8 Å². The van der Waals surface area contributed by atoms with Crippen molar-refractivity contribution in [2.75, 3.05) is 18.1 Å². The van der Waals surface area contributed by atoms with E-state index >= 15 is 0 Å². The Morgan fingerprint density at radius 1 is 1.28 bits per heavy atom. The second-order valence-electron chi connectivity index (χ2n) is 10.6. The number of hydrogen-bond donors (Lipinski definition) is 2. The molecule has 1 saturated carbocycles. The van der Waals surface area contributed by atoms with Crippen LogP contribution in [0.4, 0.5) is 5.69 Å². The van der Waals surface area contributed by atoms with Crippen LogP contribution in [0.2, 0.25) is 0 Å². The fourth-order valence-corrected chi connectivity index (χ4v) is 7.04. The van der Waals surface area contributed by atoms with Gasteiger partial charge in [0, 0.05) is 23.2 Å². The lowest BCUT2D eigenvalue weighted by atomic mass is 9.73. The molecule has 1 aliphatic carbocycles. The van der Waals surface area contributed by atoms with Gasteiger partial charge in [0.2, 0.25) is 17.7 Å². The predicted octanol–water partition coefficient (Wildman–Crippen LogP) is 3.62. The molecule has 2 N–H and O–H groups in total. The van der Waals surface area contributed by atoms with Crippen molar-refractivity contribution in [2.24, 2.45) is 23.7 Å². The minimum absolute atomic E-state index is 0.0581. The lowest BCUT2D eigenvalue weighted by molar-refractivity contribution is -0.141. The van der Waals surface area contributed by atoms with E-state index in [1.807, 2.05) is 42.7 Å². The monoisotopic (exact) mass is 509 g/mol. The van der Waals surface area contributed by atoms with Gasteiger partial charge in [-0.3, -0.25) is 14.4 Å². The first-order chi connectivity index (χ1) is 17.3. The Bertz CT molecular complexity index is 1110. The fourth-order valence-electron chi connectivity index (χ4n) is 6.58. The van der Waals surface area contributed by atoms with E-state index in [2.05, 4.69) is 31.1 Å². The first-order valence-corrected chi connectivity index (χ1v) is 14.1. The maximum absolute atomic E-state index is 13.8. The van der Waals surface area contributed by atoms with Crippen molar-refractivity contribution in [1.29, 1.82) is 0 Å². The van der Waals surface area contributed by atoms with Crippen molar-refractivity contribution in [2.45, 2.75) is 61.8 Å². The average molecular weight is 510 g/mol. The molecule has 2 bridgehead atoms. The molecule has 3 amide bonds. The number of amides is 3. The molecule has 1 aromatic carbocycles. The molecular formula is C28H35N3O4S. The van der Waals surface area contributed by atoms with Crippen molar-refractivity contribution >= 4 is 35.2 Å². The molecule has 36 heavy (non-hydrogen) atoms. The van der Waals surface area contributed by atoms with Crippen LogP contribution < -0.4 is 10.6 Å². The molecule has 3 fully saturated rings.